The van der Waals surface area contributed by atoms with E-state index < -0.39 is 11.9 Å². The summed E-state index contributed by atoms with van der Waals surface area (Å²) in [6, 6.07) is 1.85. The van der Waals surface area contributed by atoms with Gasteiger partial charge in [0.2, 0.25) is 0 Å². The maximum atomic E-state index is 11.3. The lowest BCUT2D eigenvalue weighted by Gasteiger charge is -2.05. The van der Waals surface area contributed by atoms with Gasteiger partial charge in [0.05, 0.1) is 19.8 Å². The minimum Gasteiger partial charge on any atom is -0.465 e. The molecule has 0 aliphatic carbocycles. The number of hydrogen-bond donors (Lipinski definition) is 0. The molecule has 0 rings (SSSR count). The van der Waals surface area contributed by atoms with E-state index in [2.05, 4.69) is 9.47 Å². The van der Waals surface area contributed by atoms with E-state index in [1.54, 1.807) is 19.0 Å². The van der Waals surface area contributed by atoms with Gasteiger partial charge in [-0.05, 0) is 6.08 Å². The Bertz CT molecular complexity index is 384. The van der Waals surface area contributed by atoms with E-state index >= 15 is 0 Å². The van der Waals surface area contributed by atoms with Crippen LogP contribution in [0.5, 0.6) is 0 Å². The molecule has 92 valence electrons. The van der Waals surface area contributed by atoms with Crippen LogP contribution in [0.4, 0.5) is 0 Å². The molecule has 6 nitrogen and oxygen atoms in total. The molecule has 0 N–H and O–H groups in total. The Morgan fingerprint density at radius 1 is 1.18 bits per heavy atom. The molecular weight excluding hydrogens is 224 g/mol. The monoisotopic (exact) mass is 238 g/mol. The number of carbonyl (C=O) groups excluding carboxylic acids is 2. The third-order valence-corrected chi connectivity index (χ3v) is 1.64. The van der Waals surface area contributed by atoms with Crippen molar-refractivity contribution in [2.75, 3.05) is 28.3 Å². The second-order valence-electron chi connectivity index (χ2n) is 3.20. The lowest BCUT2D eigenvalue weighted by molar-refractivity contribution is -0.144. The van der Waals surface area contributed by atoms with Crippen LogP contribution < -0.4 is 0 Å². The minimum atomic E-state index is -0.850. The highest BCUT2D eigenvalue weighted by molar-refractivity contribution is 6.14. The van der Waals surface area contributed by atoms with Gasteiger partial charge in [0.1, 0.15) is 11.6 Å². The predicted molar refractivity (Wildman–Crippen MR) is 59.5 cm³/mol. The highest BCUT2D eigenvalue weighted by atomic mass is 16.5. The van der Waals surface area contributed by atoms with Crippen LogP contribution in [0.1, 0.15) is 0 Å². The molecule has 0 aliphatic rings. The van der Waals surface area contributed by atoms with Crippen molar-refractivity contribution in [3.63, 3.8) is 0 Å². The number of hydrogen-bond acceptors (Lipinski definition) is 6. The molecule has 17 heavy (non-hydrogen) atoms. The van der Waals surface area contributed by atoms with Gasteiger partial charge in [-0.15, -0.1) is 0 Å². The first kappa shape index (κ1) is 14.7. The molecular formula is C11H14N2O4. The van der Waals surface area contributed by atoms with Crippen LogP contribution in [0, 0.1) is 11.3 Å². The van der Waals surface area contributed by atoms with Crippen LogP contribution in [-0.2, 0) is 19.1 Å². The van der Waals surface area contributed by atoms with Crippen molar-refractivity contribution in [2.24, 2.45) is 0 Å². The first-order valence-corrected chi connectivity index (χ1v) is 4.63. The SMILES string of the molecule is COC(=O)C(=C/C(C#N)=C/N(C)C)C(=O)OC. The van der Waals surface area contributed by atoms with Crippen molar-refractivity contribution >= 4 is 11.9 Å². The van der Waals surface area contributed by atoms with Gasteiger partial charge in [0, 0.05) is 20.3 Å². The topological polar surface area (TPSA) is 79.6 Å². The second-order valence-corrected chi connectivity index (χ2v) is 3.20. The molecule has 0 saturated carbocycles. The molecule has 0 amide bonds. The fourth-order valence-corrected chi connectivity index (χ4v) is 0.953. The quantitative estimate of drug-likeness (QED) is 0.174. The van der Waals surface area contributed by atoms with Gasteiger partial charge >= 0.3 is 11.9 Å². The van der Waals surface area contributed by atoms with Crippen LogP contribution in [0.3, 0.4) is 0 Å². The molecule has 0 spiro atoms. The summed E-state index contributed by atoms with van der Waals surface area (Å²) < 4.78 is 8.85. The largest absolute Gasteiger partial charge is 0.465 e. The lowest BCUT2D eigenvalue weighted by atomic mass is 10.1. The number of esters is 2. The molecule has 6 heteroatoms. The Labute approximate surface area is 99.7 Å². The summed E-state index contributed by atoms with van der Waals surface area (Å²) in [5.41, 5.74) is -0.189. The number of nitriles is 1. The molecule has 0 aromatic rings. The van der Waals surface area contributed by atoms with Crippen LogP contribution in [0.25, 0.3) is 0 Å². The molecule has 0 unspecified atom stereocenters. The third-order valence-electron chi connectivity index (χ3n) is 1.64. The Morgan fingerprint density at radius 2 is 1.65 bits per heavy atom. The van der Waals surface area contributed by atoms with E-state index in [0.29, 0.717) is 0 Å². The van der Waals surface area contributed by atoms with Gasteiger partial charge in [0.15, 0.2) is 0 Å². The number of carbonyl (C=O) groups is 2. The van der Waals surface area contributed by atoms with Gasteiger partial charge < -0.3 is 14.4 Å². The average Bonchev–Trinajstić information content (AvgIpc) is 2.31. The van der Waals surface area contributed by atoms with Gasteiger partial charge in [-0.25, -0.2) is 9.59 Å². The number of rotatable bonds is 4. The molecule has 0 radical (unpaired) electrons. The Balaban J connectivity index is 5.38. The fraction of sp³-hybridized carbons (Fsp3) is 0.364. The summed E-state index contributed by atoms with van der Waals surface area (Å²) in [4.78, 5) is 24.2. The zero-order chi connectivity index (χ0) is 13.4. The first-order valence-electron chi connectivity index (χ1n) is 4.63. The standard InChI is InChI=1S/C11H14N2O4/c1-13(2)7-8(6-12)5-9(10(14)16-3)11(15)17-4/h5,7H,1-4H3/b8-7-. The molecule has 0 atom stereocenters. The molecule has 0 heterocycles. The van der Waals surface area contributed by atoms with E-state index in [0.717, 1.165) is 20.3 Å². The highest BCUT2D eigenvalue weighted by Gasteiger charge is 2.20. The van der Waals surface area contributed by atoms with Crippen molar-refractivity contribution in [2.45, 2.75) is 0 Å². The van der Waals surface area contributed by atoms with Gasteiger partial charge in [-0.2, -0.15) is 5.26 Å². The van der Waals surface area contributed by atoms with Crippen molar-refractivity contribution < 1.29 is 19.1 Å². The molecule has 0 aliphatic heterocycles. The third kappa shape index (κ3) is 4.84. The predicted octanol–water partition coefficient (Wildman–Crippen LogP) is 0.228. The van der Waals surface area contributed by atoms with Crippen molar-refractivity contribution in [3.05, 3.63) is 23.4 Å². The average molecular weight is 238 g/mol. The summed E-state index contributed by atoms with van der Waals surface area (Å²) in [6.45, 7) is 0. The normalized spacial score (nSPS) is 9.94. The summed E-state index contributed by atoms with van der Waals surface area (Å²) in [5, 5.41) is 8.84. The van der Waals surface area contributed by atoms with Gasteiger partial charge in [-0.1, -0.05) is 0 Å². The van der Waals surface area contributed by atoms with Crippen molar-refractivity contribution in [1.29, 1.82) is 5.26 Å². The van der Waals surface area contributed by atoms with Crippen molar-refractivity contribution in [1.82, 2.24) is 4.90 Å². The number of nitrogens with zero attached hydrogens (tertiary/aromatic N) is 2. The lowest BCUT2D eigenvalue weighted by Crippen LogP contribution is -2.16. The van der Waals surface area contributed by atoms with Crippen LogP contribution in [-0.4, -0.2) is 45.2 Å². The molecule has 0 saturated heterocycles. The number of ether oxygens (including phenoxy) is 2. The molecule has 0 bridgehead atoms. The van der Waals surface area contributed by atoms with Gasteiger partial charge in [-0.3, -0.25) is 0 Å². The zero-order valence-corrected chi connectivity index (χ0v) is 10.2. The minimum absolute atomic E-state index is 0.140. The zero-order valence-electron chi connectivity index (χ0n) is 10.2. The smallest absolute Gasteiger partial charge is 0.345 e. The Kier molecular flexibility index (Phi) is 6.11. The number of methoxy groups -OCH3 is 2. The molecule has 0 aromatic heterocycles. The van der Waals surface area contributed by atoms with E-state index in [-0.39, 0.29) is 11.1 Å². The Morgan fingerprint density at radius 3 is 1.94 bits per heavy atom. The van der Waals surface area contributed by atoms with E-state index in [4.69, 9.17) is 5.26 Å². The molecule has 0 aromatic carbocycles. The van der Waals surface area contributed by atoms with Crippen LogP contribution in [0.15, 0.2) is 23.4 Å². The van der Waals surface area contributed by atoms with Crippen molar-refractivity contribution in [3.8, 4) is 6.07 Å². The summed E-state index contributed by atoms with van der Waals surface area (Å²) in [5.74, 6) is -1.70. The Hall–Kier alpha value is -2.29. The first-order chi connectivity index (χ1) is 7.96. The maximum absolute atomic E-state index is 11.3. The highest BCUT2D eigenvalue weighted by Crippen LogP contribution is 2.06. The van der Waals surface area contributed by atoms with E-state index in [1.165, 1.54) is 6.20 Å². The number of allylic oxidation sites excluding steroid dienone is 2. The van der Waals surface area contributed by atoms with Crippen LogP contribution >= 0.6 is 0 Å². The summed E-state index contributed by atoms with van der Waals surface area (Å²) in [6.07, 6.45) is 2.59. The fourth-order valence-electron chi connectivity index (χ4n) is 0.953. The summed E-state index contributed by atoms with van der Waals surface area (Å²) >= 11 is 0. The molecule has 0 fully saturated rings. The summed E-state index contributed by atoms with van der Waals surface area (Å²) in [7, 11) is 5.70. The van der Waals surface area contributed by atoms with Crippen LogP contribution in [0.2, 0.25) is 0 Å². The van der Waals surface area contributed by atoms with E-state index in [9.17, 15) is 9.59 Å². The van der Waals surface area contributed by atoms with E-state index in [1.807, 2.05) is 6.07 Å². The van der Waals surface area contributed by atoms with Gasteiger partial charge in [0.25, 0.3) is 0 Å². The second kappa shape index (κ2) is 7.06. The maximum Gasteiger partial charge on any atom is 0.345 e.